The average Bonchev–Trinajstić information content (AvgIpc) is 2.75. The first-order valence-electron chi connectivity index (χ1n) is 11.9. The Kier molecular flexibility index (Phi) is 7.80. The molecule has 7 atom stereocenters. The maximum atomic E-state index is 13.1. The van der Waals surface area contributed by atoms with Crippen LogP contribution in [0.5, 0.6) is 0 Å². The molecule has 7 heteroatoms. The summed E-state index contributed by atoms with van der Waals surface area (Å²) in [6.45, 7) is 9.04. The van der Waals surface area contributed by atoms with Crippen LogP contribution in [0.3, 0.4) is 0 Å². The third-order valence-electron chi connectivity index (χ3n) is 7.98. The summed E-state index contributed by atoms with van der Waals surface area (Å²) in [6.07, 6.45) is 3.02. The highest BCUT2D eigenvalue weighted by Crippen LogP contribution is 2.55. The molecule has 32 heavy (non-hydrogen) atoms. The van der Waals surface area contributed by atoms with Gasteiger partial charge in [0.25, 0.3) is 0 Å². The lowest BCUT2D eigenvalue weighted by Crippen LogP contribution is -2.59. The summed E-state index contributed by atoms with van der Waals surface area (Å²) >= 11 is 0. The molecule has 3 amide bonds. The first-order valence-corrected chi connectivity index (χ1v) is 11.9. The summed E-state index contributed by atoms with van der Waals surface area (Å²) in [5, 5.41) is 20.3. The van der Waals surface area contributed by atoms with E-state index in [4.69, 9.17) is 0 Å². The monoisotopic (exact) mass is 447 g/mol. The Bertz CT molecular complexity index is 802. The van der Waals surface area contributed by atoms with Crippen molar-refractivity contribution in [3.05, 3.63) is 35.6 Å². The van der Waals surface area contributed by atoms with Gasteiger partial charge in [0.15, 0.2) is 0 Å². The van der Waals surface area contributed by atoms with E-state index in [0.717, 1.165) is 31.2 Å². The number of urea groups is 1. The molecule has 0 aliphatic heterocycles. The van der Waals surface area contributed by atoms with Crippen LogP contribution >= 0.6 is 0 Å². The lowest BCUT2D eigenvalue weighted by atomic mass is 9.52. The van der Waals surface area contributed by atoms with Gasteiger partial charge in [-0.1, -0.05) is 32.9 Å². The number of aliphatic hydroxyl groups is 1. The quantitative estimate of drug-likeness (QED) is 0.537. The van der Waals surface area contributed by atoms with Crippen molar-refractivity contribution in [2.45, 2.75) is 72.1 Å². The Labute approximate surface area is 190 Å². The minimum atomic E-state index is -0.603. The molecule has 1 aromatic rings. The Hall–Kier alpha value is -2.15. The highest BCUT2D eigenvalue weighted by molar-refractivity contribution is 5.78. The summed E-state index contributed by atoms with van der Waals surface area (Å²) in [6, 6.07) is 5.93. The van der Waals surface area contributed by atoms with Crippen LogP contribution in [0.1, 0.15) is 58.9 Å². The van der Waals surface area contributed by atoms with E-state index in [-0.39, 0.29) is 52.9 Å². The maximum Gasteiger partial charge on any atom is 0.315 e. The maximum absolute atomic E-state index is 13.1. The molecule has 1 aromatic carbocycles. The largest absolute Gasteiger partial charge is 0.392 e. The first-order chi connectivity index (χ1) is 15.2. The van der Waals surface area contributed by atoms with Crippen LogP contribution in [0.15, 0.2) is 24.3 Å². The number of amides is 3. The molecule has 2 aliphatic carbocycles. The van der Waals surface area contributed by atoms with Crippen LogP contribution in [0.2, 0.25) is 0 Å². The molecule has 178 valence electrons. The number of aliphatic hydroxyl groups excluding tert-OH is 1. The third-order valence-corrected chi connectivity index (χ3v) is 7.98. The van der Waals surface area contributed by atoms with Crippen molar-refractivity contribution in [2.75, 3.05) is 6.54 Å². The van der Waals surface area contributed by atoms with E-state index >= 15 is 0 Å². The molecule has 3 rings (SSSR count). The molecular weight excluding hydrogens is 409 g/mol. The van der Waals surface area contributed by atoms with Crippen LogP contribution in [0.25, 0.3) is 0 Å². The zero-order valence-corrected chi connectivity index (χ0v) is 19.7. The van der Waals surface area contributed by atoms with Crippen molar-refractivity contribution < 1.29 is 19.1 Å². The topological polar surface area (TPSA) is 90.5 Å². The van der Waals surface area contributed by atoms with Gasteiger partial charge in [0.2, 0.25) is 5.91 Å². The number of hydrogen-bond donors (Lipinski definition) is 4. The Morgan fingerprint density at radius 2 is 1.84 bits per heavy atom. The lowest BCUT2D eigenvalue weighted by Gasteiger charge is -2.56. The van der Waals surface area contributed by atoms with Crippen LogP contribution in [0.4, 0.5) is 9.18 Å². The van der Waals surface area contributed by atoms with Gasteiger partial charge in [0.05, 0.1) is 6.10 Å². The van der Waals surface area contributed by atoms with Crippen molar-refractivity contribution in [3.63, 3.8) is 0 Å². The number of hydrogen-bond acceptors (Lipinski definition) is 3. The van der Waals surface area contributed by atoms with Gasteiger partial charge in [0.1, 0.15) is 5.82 Å². The zero-order chi connectivity index (χ0) is 23.5. The highest BCUT2D eigenvalue weighted by Gasteiger charge is 2.53. The molecule has 0 saturated heterocycles. The van der Waals surface area contributed by atoms with Crippen LogP contribution in [-0.2, 0) is 11.3 Å². The van der Waals surface area contributed by atoms with E-state index in [9.17, 15) is 19.1 Å². The van der Waals surface area contributed by atoms with E-state index in [2.05, 4.69) is 29.8 Å². The molecule has 0 aromatic heterocycles. The van der Waals surface area contributed by atoms with Gasteiger partial charge in [-0.05, 0) is 73.5 Å². The van der Waals surface area contributed by atoms with Gasteiger partial charge in [-0.25, -0.2) is 9.18 Å². The molecule has 1 unspecified atom stereocenters. The predicted molar refractivity (Wildman–Crippen MR) is 122 cm³/mol. The molecular formula is C25H38FN3O3. The van der Waals surface area contributed by atoms with E-state index in [1.807, 2.05) is 13.8 Å². The van der Waals surface area contributed by atoms with Crippen molar-refractivity contribution in [1.82, 2.24) is 16.0 Å². The van der Waals surface area contributed by atoms with E-state index in [1.165, 1.54) is 12.1 Å². The number of carbonyl (C=O) groups excluding carboxylic acids is 2. The summed E-state index contributed by atoms with van der Waals surface area (Å²) < 4.78 is 13.1. The standard InChI is InChI=1S/C25H38FN3O3/c1-5-27-24(32)29-20-11-13-25(4)12-10-19(22(30)21(25)16(20)3)15(2)23(31)28-14-17-6-8-18(26)9-7-17/h6-9,15-16,19-22,30H,5,10-14H2,1-4H3,(H,28,31)(H2,27,29,32)/t15-,16+,19?,20-,21+,22-,25-/m0/s1. The van der Waals surface area contributed by atoms with Crippen LogP contribution < -0.4 is 16.0 Å². The normalized spacial score (nSPS) is 33.0. The van der Waals surface area contributed by atoms with Gasteiger partial charge in [-0.2, -0.15) is 0 Å². The molecule has 0 heterocycles. The molecule has 6 nitrogen and oxygen atoms in total. The van der Waals surface area contributed by atoms with Gasteiger partial charge < -0.3 is 21.1 Å². The number of fused-ring (bicyclic) bond motifs is 1. The number of halogens is 1. The molecule has 2 saturated carbocycles. The number of benzene rings is 1. The molecule has 4 N–H and O–H groups in total. The summed E-state index contributed by atoms with van der Waals surface area (Å²) in [4.78, 5) is 25.0. The predicted octanol–water partition coefficient (Wildman–Crippen LogP) is 3.59. The fourth-order valence-electron chi connectivity index (χ4n) is 6.02. The highest BCUT2D eigenvalue weighted by atomic mass is 19.1. The zero-order valence-electron chi connectivity index (χ0n) is 19.7. The summed E-state index contributed by atoms with van der Waals surface area (Å²) in [7, 11) is 0. The van der Waals surface area contributed by atoms with Crippen molar-refractivity contribution in [2.24, 2.45) is 29.1 Å². The summed E-state index contributed by atoms with van der Waals surface area (Å²) in [5.74, 6) is -0.727. The second-order valence-corrected chi connectivity index (χ2v) is 10.0. The average molecular weight is 448 g/mol. The Balaban J connectivity index is 1.65. The fraction of sp³-hybridized carbons (Fsp3) is 0.680. The van der Waals surface area contributed by atoms with Crippen LogP contribution in [0, 0.1) is 34.9 Å². The Morgan fingerprint density at radius 1 is 1.19 bits per heavy atom. The molecule has 0 bridgehead atoms. The van der Waals surface area contributed by atoms with Gasteiger partial charge in [0, 0.05) is 25.0 Å². The first kappa shape index (κ1) is 24.5. The minimum Gasteiger partial charge on any atom is -0.392 e. The lowest BCUT2D eigenvalue weighted by molar-refractivity contribution is -0.142. The second-order valence-electron chi connectivity index (χ2n) is 10.0. The second kappa shape index (κ2) is 10.2. The summed E-state index contributed by atoms with van der Waals surface area (Å²) in [5.41, 5.74) is 0.850. The van der Waals surface area contributed by atoms with Gasteiger partial charge >= 0.3 is 6.03 Å². The minimum absolute atomic E-state index is 0.00985. The molecule has 2 fully saturated rings. The molecule has 0 spiro atoms. The fourth-order valence-corrected chi connectivity index (χ4v) is 6.02. The SMILES string of the molecule is CCNC(=O)N[C@H]1CC[C@]2(C)CCC([C@H](C)C(=O)NCc3ccc(F)cc3)[C@H](O)[C@H]2[C@@H]1C. The molecule has 0 radical (unpaired) electrons. The van der Waals surface area contributed by atoms with Crippen LogP contribution in [-0.4, -0.2) is 35.7 Å². The molecule has 2 aliphatic rings. The van der Waals surface area contributed by atoms with Gasteiger partial charge in [-0.15, -0.1) is 0 Å². The Morgan fingerprint density at radius 3 is 2.50 bits per heavy atom. The smallest absolute Gasteiger partial charge is 0.315 e. The number of rotatable bonds is 6. The van der Waals surface area contributed by atoms with E-state index < -0.39 is 6.10 Å². The van der Waals surface area contributed by atoms with Crippen molar-refractivity contribution in [1.29, 1.82) is 0 Å². The van der Waals surface area contributed by atoms with Gasteiger partial charge in [-0.3, -0.25) is 4.79 Å². The van der Waals surface area contributed by atoms with E-state index in [0.29, 0.717) is 13.1 Å². The van der Waals surface area contributed by atoms with Crippen molar-refractivity contribution in [3.8, 4) is 0 Å². The van der Waals surface area contributed by atoms with Crippen molar-refractivity contribution >= 4 is 11.9 Å². The number of carbonyl (C=O) groups is 2. The number of nitrogens with one attached hydrogen (secondary N) is 3. The van der Waals surface area contributed by atoms with E-state index in [1.54, 1.807) is 12.1 Å². The third kappa shape index (κ3) is 5.25.